The van der Waals surface area contributed by atoms with E-state index >= 15 is 0 Å². The first-order valence-corrected chi connectivity index (χ1v) is 7.85. The van der Waals surface area contributed by atoms with Gasteiger partial charge in [0.15, 0.2) is 0 Å². The highest BCUT2D eigenvalue weighted by molar-refractivity contribution is 7.89. The molecular weight excluding hydrogens is 282 g/mol. The molecule has 1 atom stereocenters. The molecule has 0 aliphatic carbocycles. The highest BCUT2D eigenvalue weighted by Crippen LogP contribution is 2.13. The van der Waals surface area contributed by atoms with Crippen LogP contribution in [-0.4, -0.2) is 27.4 Å². The predicted molar refractivity (Wildman–Crippen MR) is 74.2 cm³/mol. The van der Waals surface area contributed by atoms with E-state index in [9.17, 15) is 13.2 Å². The summed E-state index contributed by atoms with van der Waals surface area (Å²) < 4.78 is 27.3. The Morgan fingerprint density at radius 1 is 1.40 bits per heavy atom. The van der Waals surface area contributed by atoms with Crippen molar-refractivity contribution in [3.8, 4) is 0 Å². The molecule has 0 spiro atoms. The Kier molecular flexibility index (Phi) is 5.73. The van der Waals surface area contributed by atoms with Crippen LogP contribution in [0.2, 0.25) is 0 Å². The van der Waals surface area contributed by atoms with Gasteiger partial charge in [0.2, 0.25) is 11.0 Å². The van der Waals surface area contributed by atoms with Crippen LogP contribution in [0.15, 0.2) is 21.6 Å². The van der Waals surface area contributed by atoms with E-state index in [-0.39, 0.29) is 23.6 Å². The van der Waals surface area contributed by atoms with Crippen LogP contribution in [0.4, 0.5) is 0 Å². The van der Waals surface area contributed by atoms with Crippen molar-refractivity contribution in [3.63, 3.8) is 0 Å². The zero-order chi connectivity index (χ0) is 15.3. The quantitative estimate of drug-likeness (QED) is 0.664. The number of hydrogen-bond acceptors (Lipinski definition) is 5. The Morgan fingerprint density at radius 3 is 2.50 bits per heavy atom. The molecule has 1 heterocycles. The molecule has 4 N–H and O–H groups in total. The second-order valence-corrected chi connectivity index (χ2v) is 6.44. The van der Waals surface area contributed by atoms with E-state index in [0.29, 0.717) is 18.1 Å². The molecule has 0 bridgehead atoms. The number of rotatable bonds is 7. The Morgan fingerprint density at radius 2 is 2.05 bits per heavy atom. The van der Waals surface area contributed by atoms with E-state index in [4.69, 9.17) is 9.56 Å². The fourth-order valence-corrected chi connectivity index (χ4v) is 2.24. The van der Waals surface area contributed by atoms with Crippen LogP contribution in [0.1, 0.15) is 26.0 Å². The van der Waals surface area contributed by atoms with Gasteiger partial charge < -0.3 is 9.73 Å². The zero-order valence-electron chi connectivity index (χ0n) is 11.8. The third-order valence-electron chi connectivity index (χ3n) is 2.71. The first kappa shape index (κ1) is 16.7. The molecule has 1 unspecified atom stereocenters. The standard InChI is InChI=1S/C12H21N3O4S/c1-8(2)6-10(12(16)14-3)15-7-9-4-5-11(19-9)20(13,17)18/h4-5,8,10,15H,6-7H2,1-3H3,(H,14,16)(H2,13,17,18). The van der Waals surface area contributed by atoms with E-state index in [1.165, 1.54) is 12.1 Å². The molecule has 7 nitrogen and oxygen atoms in total. The van der Waals surface area contributed by atoms with Crippen LogP contribution in [0, 0.1) is 5.92 Å². The maximum absolute atomic E-state index is 11.7. The van der Waals surface area contributed by atoms with Crippen molar-refractivity contribution in [2.45, 2.75) is 37.9 Å². The van der Waals surface area contributed by atoms with Crippen LogP contribution >= 0.6 is 0 Å². The Hall–Kier alpha value is -1.38. The fourth-order valence-electron chi connectivity index (χ4n) is 1.76. The van der Waals surface area contributed by atoms with E-state index < -0.39 is 10.0 Å². The second-order valence-electron chi connectivity index (χ2n) is 4.94. The number of primary sulfonamides is 1. The van der Waals surface area contributed by atoms with Crippen LogP contribution in [0.3, 0.4) is 0 Å². The maximum Gasteiger partial charge on any atom is 0.271 e. The summed E-state index contributed by atoms with van der Waals surface area (Å²) in [7, 11) is -2.26. The number of carbonyl (C=O) groups is 1. The zero-order valence-corrected chi connectivity index (χ0v) is 12.7. The minimum atomic E-state index is -3.83. The van der Waals surface area contributed by atoms with Gasteiger partial charge >= 0.3 is 0 Å². The minimum Gasteiger partial charge on any atom is -0.447 e. The molecule has 114 valence electrons. The van der Waals surface area contributed by atoms with Gasteiger partial charge in [-0.15, -0.1) is 0 Å². The normalized spacial score (nSPS) is 13.4. The SMILES string of the molecule is CNC(=O)C(CC(C)C)NCc1ccc(S(N)(=O)=O)o1. The number of sulfonamides is 1. The van der Waals surface area contributed by atoms with Gasteiger partial charge in [0.25, 0.3) is 10.0 Å². The topological polar surface area (TPSA) is 114 Å². The van der Waals surface area contributed by atoms with Crippen LogP contribution in [0.5, 0.6) is 0 Å². The molecule has 8 heteroatoms. The summed E-state index contributed by atoms with van der Waals surface area (Å²) >= 11 is 0. The van der Waals surface area contributed by atoms with Crippen molar-refractivity contribution in [2.75, 3.05) is 7.05 Å². The molecule has 0 aliphatic heterocycles. The van der Waals surface area contributed by atoms with Gasteiger partial charge in [-0.3, -0.25) is 10.1 Å². The number of nitrogens with one attached hydrogen (secondary N) is 2. The molecule has 0 saturated heterocycles. The van der Waals surface area contributed by atoms with Crippen LogP contribution in [-0.2, 0) is 21.4 Å². The average Bonchev–Trinajstić information content (AvgIpc) is 2.81. The van der Waals surface area contributed by atoms with Gasteiger partial charge in [-0.2, -0.15) is 0 Å². The summed E-state index contributed by atoms with van der Waals surface area (Å²) in [6.07, 6.45) is 0.669. The van der Waals surface area contributed by atoms with Gasteiger partial charge in [-0.25, -0.2) is 13.6 Å². The molecule has 0 aromatic carbocycles. The first-order chi connectivity index (χ1) is 9.24. The smallest absolute Gasteiger partial charge is 0.271 e. The molecule has 1 aromatic heterocycles. The maximum atomic E-state index is 11.7. The highest BCUT2D eigenvalue weighted by atomic mass is 32.2. The van der Waals surface area contributed by atoms with Crippen LogP contribution < -0.4 is 15.8 Å². The number of likely N-dealkylation sites (N-methyl/N-ethyl adjacent to an activating group) is 1. The van der Waals surface area contributed by atoms with Crippen LogP contribution in [0.25, 0.3) is 0 Å². The molecular formula is C12H21N3O4S. The number of furan rings is 1. The van der Waals surface area contributed by atoms with Crippen molar-refractivity contribution in [3.05, 3.63) is 17.9 Å². The average molecular weight is 303 g/mol. The summed E-state index contributed by atoms with van der Waals surface area (Å²) in [5.41, 5.74) is 0. The first-order valence-electron chi connectivity index (χ1n) is 6.30. The molecule has 1 rings (SSSR count). The second kappa shape index (κ2) is 6.87. The lowest BCUT2D eigenvalue weighted by atomic mass is 10.0. The number of nitrogens with two attached hydrogens (primary N) is 1. The molecule has 0 fully saturated rings. The summed E-state index contributed by atoms with van der Waals surface area (Å²) in [5, 5.41) is 10.3. The predicted octanol–water partition coefficient (Wildman–Crippen LogP) is 0.177. The molecule has 20 heavy (non-hydrogen) atoms. The third-order valence-corrected chi connectivity index (χ3v) is 3.49. The van der Waals surface area contributed by atoms with Crippen molar-refractivity contribution in [2.24, 2.45) is 11.1 Å². The number of amides is 1. The summed E-state index contributed by atoms with van der Waals surface area (Å²) in [6.45, 7) is 4.29. The van der Waals surface area contributed by atoms with Crippen molar-refractivity contribution in [1.29, 1.82) is 0 Å². The van der Waals surface area contributed by atoms with Gasteiger partial charge in [-0.1, -0.05) is 13.8 Å². The summed E-state index contributed by atoms with van der Waals surface area (Å²) in [6, 6.07) is 2.45. The summed E-state index contributed by atoms with van der Waals surface area (Å²) in [4.78, 5) is 11.7. The third kappa shape index (κ3) is 4.95. The lowest BCUT2D eigenvalue weighted by Gasteiger charge is -2.18. The fraction of sp³-hybridized carbons (Fsp3) is 0.583. The monoisotopic (exact) mass is 303 g/mol. The Labute approximate surface area is 119 Å². The van der Waals surface area contributed by atoms with Gasteiger partial charge in [0.05, 0.1) is 12.6 Å². The van der Waals surface area contributed by atoms with Crippen molar-refractivity contribution < 1.29 is 17.6 Å². The van der Waals surface area contributed by atoms with E-state index in [1.807, 2.05) is 13.8 Å². The molecule has 0 aliphatic rings. The Balaban J connectivity index is 2.68. The van der Waals surface area contributed by atoms with E-state index in [0.717, 1.165) is 0 Å². The van der Waals surface area contributed by atoms with E-state index in [2.05, 4.69) is 10.6 Å². The van der Waals surface area contributed by atoms with Gasteiger partial charge in [0.1, 0.15) is 5.76 Å². The molecule has 0 radical (unpaired) electrons. The lowest BCUT2D eigenvalue weighted by molar-refractivity contribution is -0.123. The summed E-state index contributed by atoms with van der Waals surface area (Å²) in [5.74, 6) is 0.644. The van der Waals surface area contributed by atoms with Gasteiger partial charge in [-0.05, 0) is 24.5 Å². The number of hydrogen-bond donors (Lipinski definition) is 3. The largest absolute Gasteiger partial charge is 0.447 e. The number of carbonyl (C=O) groups excluding carboxylic acids is 1. The van der Waals surface area contributed by atoms with Crippen molar-refractivity contribution in [1.82, 2.24) is 10.6 Å². The minimum absolute atomic E-state index is 0.114. The lowest BCUT2D eigenvalue weighted by Crippen LogP contribution is -2.43. The highest BCUT2D eigenvalue weighted by Gasteiger charge is 2.19. The molecule has 1 amide bonds. The van der Waals surface area contributed by atoms with Crippen molar-refractivity contribution >= 4 is 15.9 Å². The molecule has 1 aromatic rings. The van der Waals surface area contributed by atoms with Gasteiger partial charge in [0, 0.05) is 7.05 Å². The van der Waals surface area contributed by atoms with E-state index in [1.54, 1.807) is 7.05 Å². The molecule has 0 saturated carbocycles. The Bertz CT molecular complexity index is 551.